The summed E-state index contributed by atoms with van der Waals surface area (Å²) >= 11 is 0. The van der Waals surface area contributed by atoms with E-state index in [0.29, 0.717) is 0 Å². The second-order valence-electron chi connectivity index (χ2n) is 4.84. The van der Waals surface area contributed by atoms with Crippen molar-refractivity contribution in [3.8, 4) is 0 Å². The Labute approximate surface area is 145 Å². The summed E-state index contributed by atoms with van der Waals surface area (Å²) < 4.78 is 24.8. The summed E-state index contributed by atoms with van der Waals surface area (Å²) in [6, 6.07) is 0. The predicted octanol–water partition coefficient (Wildman–Crippen LogP) is -3.63. The van der Waals surface area contributed by atoms with Gasteiger partial charge >= 0.3 is 35.7 Å². The summed E-state index contributed by atoms with van der Waals surface area (Å²) in [4.78, 5) is 22.4. The van der Waals surface area contributed by atoms with Crippen LogP contribution in [0.2, 0.25) is 0 Å². The van der Waals surface area contributed by atoms with Gasteiger partial charge in [0, 0.05) is 6.54 Å². The van der Waals surface area contributed by atoms with Crippen molar-refractivity contribution < 1.29 is 67.8 Å². The van der Waals surface area contributed by atoms with E-state index in [1.165, 1.54) is 0 Å². The van der Waals surface area contributed by atoms with E-state index < -0.39 is 38.8 Å². The second kappa shape index (κ2) is 10.9. The maximum atomic E-state index is 11.2. The smallest absolute Gasteiger partial charge is 0.756 e. The van der Waals surface area contributed by atoms with Gasteiger partial charge < -0.3 is 34.2 Å². The molecule has 1 amide bonds. The zero-order valence-corrected chi connectivity index (χ0v) is 15.6. The molecule has 0 aromatic rings. The molecule has 0 fully saturated rings. The maximum Gasteiger partial charge on any atom is 1.00 e. The Bertz CT molecular complexity index is 348. The third-order valence-corrected chi connectivity index (χ3v) is 2.62. The first kappa shape index (κ1) is 23.6. The summed E-state index contributed by atoms with van der Waals surface area (Å²) in [5.74, 6) is 0. The monoisotopic (exact) mass is 337 g/mol. The van der Waals surface area contributed by atoms with Crippen LogP contribution in [0.4, 0.5) is 4.79 Å². The van der Waals surface area contributed by atoms with Gasteiger partial charge in [0.25, 0.3) is 7.82 Å². The van der Waals surface area contributed by atoms with Gasteiger partial charge in [-0.3, -0.25) is 4.57 Å². The molecule has 0 heterocycles. The minimum Gasteiger partial charge on any atom is -0.756 e. The number of phosphoric acid groups is 1. The van der Waals surface area contributed by atoms with Crippen molar-refractivity contribution in [2.75, 3.05) is 26.4 Å². The fraction of sp³-hybridized carbons (Fsp3) is 0.900. The Kier molecular flexibility index (Phi) is 12.3. The van der Waals surface area contributed by atoms with Crippen molar-refractivity contribution in [1.29, 1.82) is 0 Å². The van der Waals surface area contributed by atoms with Crippen LogP contribution >= 0.6 is 7.82 Å². The number of amides is 1. The molecule has 9 nitrogen and oxygen atoms in total. The third kappa shape index (κ3) is 15.0. The fourth-order valence-electron chi connectivity index (χ4n) is 0.892. The number of ether oxygens (including phenoxy) is 1. The molecule has 0 bridgehead atoms. The van der Waals surface area contributed by atoms with E-state index >= 15 is 0 Å². The largest absolute Gasteiger partial charge is 1.00 e. The van der Waals surface area contributed by atoms with Crippen LogP contribution in [0, 0.1) is 0 Å². The number of rotatable bonds is 8. The number of phosphoric ester groups is 1. The van der Waals surface area contributed by atoms with E-state index in [2.05, 4.69) is 14.4 Å². The van der Waals surface area contributed by atoms with Crippen LogP contribution in [0.1, 0.15) is 20.8 Å². The van der Waals surface area contributed by atoms with Crippen LogP contribution in [0.25, 0.3) is 0 Å². The molecule has 0 saturated heterocycles. The molecule has 0 spiro atoms. The number of aliphatic hydroxyl groups excluding tert-OH is 2. The van der Waals surface area contributed by atoms with E-state index in [1.54, 1.807) is 20.8 Å². The molecule has 0 radical (unpaired) electrons. The average Bonchev–Trinajstić information content (AvgIpc) is 2.29. The zero-order chi connectivity index (χ0) is 15.8. The number of alkyl carbamates (subject to hydrolysis) is 1. The van der Waals surface area contributed by atoms with Crippen LogP contribution < -0.4 is 39.8 Å². The van der Waals surface area contributed by atoms with Crippen LogP contribution in [-0.2, 0) is 18.3 Å². The third-order valence-electron chi connectivity index (χ3n) is 1.66. The first-order valence-corrected chi connectivity index (χ1v) is 7.38. The first-order valence-electron chi connectivity index (χ1n) is 5.91. The molecule has 120 valence electrons. The maximum absolute atomic E-state index is 11.2. The molecule has 2 unspecified atom stereocenters. The fourth-order valence-corrected chi connectivity index (χ4v) is 1.64. The van der Waals surface area contributed by atoms with E-state index in [4.69, 9.17) is 14.9 Å². The Morgan fingerprint density at radius 3 is 2.43 bits per heavy atom. The standard InChI is InChI=1S/C10H22NO8P.Na/c1-10(2,3)19-9(14)11-4-5-17-20(15,16)18-7-8(13)6-12;/h8,12-13H,4-7H2,1-3H3,(H,11,14)(H,15,16);/q;+1/p-1. The Morgan fingerprint density at radius 1 is 1.38 bits per heavy atom. The zero-order valence-electron chi connectivity index (χ0n) is 12.7. The summed E-state index contributed by atoms with van der Waals surface area (Å²) in [7, 11) is -4.57. The number of aliphatic hydroxyl groups is 2. The van der Waals surface area contributed by atoms with Gasteiger partial charge in [0.15, 0.2) is 0 Å². The van der Waals surface area contributed by atoms with Gasteiger partial charge in [-0.1, -0.05) is 0 Å². The summed E-state index contributed by atoms with van der Waals surface area (Å²) in [6.45, 7) is 3.42. The first-order chi connectivity index (χ1) is 9.06. The van der Waals surface area contributed by atoms with Crippen molar-refractivity contribution in [3.63, 3.8) is 0 Å². The van der Waals surface area contributed by atoms with Crippen LogP contribution in [-0.4, -0.2) is 54.4 Å². The minimum absolute atomic E-state index is 0. The van der Waals surface area contributed by atoms with Crippen LogP contribution in [0.15, 0.2) is 0 Å². The molecule has 0 aromatic carbocycles. The van der Waals surface area contributed by atoms with Gasteiger partial charge in [0.2, 0.25) is 0 Å². The van der Waals surface area contributed by atoms with Gasteiger partial charge in [0.1, 0.15) is 11.7 Å². The van der Waals surface area contributed by atoms with Gasteiger partial charge in [-0.15, -0.1) is 0 Å². The molecule has 0 aromatic heterocycles. The molecule has 0 aliphatic carbocycles. The van der Waals surface area contributed by atoms with Gasteiger partial charge in [0.05, 0.1) is 19.8 Å². The van der Waals surface area contributed by atoms with E-state index in [1.807, 2.05) is 0 Å². The van der Waals surface area contributed by atoms with E-state index in [-0.39, 0.29) is 42.7 Å². The molecular formula is C10H21NNaO8P. The average molecular weight is 337 g/mol. The second-order valence-corrected chi connectivity index (χ2v) is 6.25. The number of nitrogens with one attached hydrogen (secondary N) is 1. The summed E-state index contributed by atoms with van der Waals surface area (Å²) in [5, 5.41) is 19.7. The molecule has 3 N–H and O–H groups in total. The number of carbonyl (C=O) groups excluding carboxylic acids is 1. The van der Waals surface area contributed by atoms with E-state index in [0.717, 1.165) is 0 Å². The predicted molar refractivity (Wildman–Crippen MR) is 66.8 cm³/mol. The molecule has 0 rings (SSSR count). The summed E-state index contributed by atoms with van der Waals surface area (Å²) in [5.41, 5.74) is -0.650. The van der Waals surface area contributed by atoms with Gasteiger partial charge in [-0.05, 0) is 20.8 Å². The normalized spacial score (nSPS) is 15.5. The molecule has 11 heteroatoms. The number of hydrogen-bond acceptors (Lipinski definition) is 8. The van der Waals surface area contributed by atoms with E-state index in [9.17, 15) is 14.3 Å². The van der Waals surface area contributed by atoms with Crippen molar-refractivity contribution in [2.45, 2.75) is 32.5 Å². The Morgan fingerprint density at radius 2 is 1.95 bits per heavy atom. The molecule has 0 aliphatic rings. The minimum atomic E-state index is -4.57. The topological polar surface area (TPSA) is 137 Å². The molecular weight excluding hydrogens is 316 g/mol. The van der Waals surface area contributed by atoms with Gasteiger partial charge in [-0.2, -0.15) is 0 Å². The number of hydrogen-bond donors (Lipinski definition) is 3. The van der Waals surface area contributed by atoms with Crippen LogP contribution in [0.5, 0.6) is 0 Å². The van der Waals surface area contributed by atoms with Crippen LogP contribution in [0.3, 0.4) is 0 Å². The quantitative estimate of drug-likeness (QED) is 0.234. The molecule has 2 atom stereocenters. The number of carbonyl (C=O) groups is 1. The van der Waals surface area contributed by atoms with Gasteiger partial charge in [-0.25, -0.2) is 4.79 Å². The molecule has 21 heavy (non-hydrogen) atoms. The SMILES string of the molecule is CC(C)(C)OC(=O)NCCOP(=O)([O-])OCC(O)CO.[Na+]. The molecule has 0 saturated carbocycles. The van der Waals surface area contributed by atoms with Crippen molar-refractivity contribution in [3.05, 3.63) is 0 Å². The molecule has 0 aliphatic heterocycles. The summed E-state index contributed by atoms with van der Waals surface area (Å²) in [6.07, 6.45) is -2.00. The Balaban J connectivity index is 0. The van der Waals surface area contributed by atoms with Crippen molar-refractivity contribution >= 4 is 13.9 Å². The van der Waals surface area contributed by atoms with Crippen molar-refractivity contribution in [1.82, 2.24) is 5.32 Å². The Hall–Kier alpha value is 0.300. The van der Waals surface area contributed by atoms with Crippen molar-refractivity contribution in [2.24, 2.45) is 0 Å².